The van der Waals surface area contributed by atoms with Crippen LogP contribution in [0, 0.1) is 6.92 Å². The number of hydrogen-bond donors (Lipinski definition) is 3. The number of nitrogens with zero attached hydrogens (tertiary/aromatic N) is 2. The molecule has 0 bridgehead atoms. The normalized spacial score (nSPS) is 10.7. The highest BCUT2D eigenvalue weighted by atomic mass is 16.5. The van der Waals surface area contributed by atoms with Crippen LogP contribution in [0.3, 0.4) is 0 Å². The third-order valence-corrected chi connectivity index (χ3v) is 5.70. The fourth-order valence-corrected chi connectivity index (χ4v) is 3.92. The molecule has 0 aliphatic rings. The number of carboxylic acid groups (broad SMARTS) is 1. The van der Waals surface area contributed by atoms with E-state index in [1.807, 2.05) is 12.1 Å². The third kappa shape index (κ3) is 5.55. The SMILES string of the molecule is CCOc1cc(-c2cc(NCCc3ccc4ccccc4c3C)ncn2)ccc1NC(=O)C(=O)O. The van der Waals surface area contributed by atoms with E-state index in [4.69, 9.17) is 9.84 Å². The summed E-state index contributed by atoms with van der Waals surface area (Å²) in [5.41, 5.74) is 4.26. The molecule has 0 atom stereocenters. The molecule has 8 heteroatoms. The first kappa shape index (κ1) is 23.7. The van der Waals surface area contributed by atoms with E-state index in [-0.39, 0.29) is 5.69 Å². The Labute approximate surface area is 203 Å². The Hall–Kier alpha value is -4.46. The van der Waals surface area contributed by atoms with Crippen molar-refractivity contribution in [2.75, 3.05) is 23.8 Å². The number of ether oxygens (including phenoxy) is 1. The van der Waals surface area contributed by atoms with Crippen LogP contribution >= 0.6 is 0 Å². The van der Waals surface area contributed by atoms with Crippen LogP contribution in [0.1, 0.15) is 18.1 Å². The van der Waals surface area contributed by atoms with Gasteiger partial charge in [-0.1, -0.05) is 42.5 Å². The summed E-state index contributed by atoms with van der Waals surface area (Å²) in [6.07, 6.45) is 2.34. The summed E-state index contributed by atoms with van der Waals surface area (Å²) < 4.78 is 5.60. The van der Waals surface area contributed by atoms with Gasteiger partial charge in [0.1, 0.15) is 17.9 Å². The number of carboxylic acids is 1. The van der Waals surface area contributed by atoms with Crippen molar-refractivity contribution in [3.05, 3.63) is 78.1 Å². The molecule has 0 spiro atoms. The number of amides is 1. The average molecular weight is 471 g/mol. The Balaban J connectivity index is 1.48. The van der Waals surface area contributed by atoms with Crippen LogP contribution < -0.4 is 15.4 Å². The third-order valence-electron chi connectivity index (χ3n) is 5.70. The first-order valence-corrected chi connectivity index (χ1v) is 11.3. The Morgan fingerprint density at radius 3 is 2.66 bits per heavy atom. The summed E-state index contributed by atoms with van der Waals surface area (Å²) >= 11 is 0. The van der Waals surface area contributed by atoms with Crippen LogP contribution in [0.4, 0.5) is 11.5 Å². The average Bonchev–Trinajstić information content (AvgIpc) is 2.87. The van der Waals surface area contributed by atoms with Gasteiger partial charge in [-0.25, -0.2) is 14.8 Å². The minimum absolute atomic E-state index is 0.279. The highest BCUT2D eigenvalue weighted by Crippen LogP contribution is 2.31. The largest absolute Gasteiger partial charge is 0.492 e. The Morgan fingerprint density at radius 1 is 1.03 bits per heavy atom. The molecule has 0 aliphatic carbocycles. The van der Waals surface area contributed by atoms with E-state index < -0.39 is 11.9 Å². The molecular formula is C27H26N4O4. The van der Waals surface area contributed by atoms with Gasteiger partial charge in [0.05, 0.1) is 18.0 Å². The molecule has 3 N–H and O–H groups in total. The van der Waals surface area contributed by atoms with Crippen molar-refractivity contribution >= 4 is 34.2 Å². The monoisotopic (exact) mass is 470 g/mol. The molecule has 0 fully saturated rings. The highest BCUT2D eigenvalue weighted by Gasteiger charge is 2.15. The van der Waals surface area contributed by atoms with Crippen molar-refractivity contribution in [2.24, 2.45) is 0 Å². The fourth-order valence-electron chi connectivity index (χ4n) is 3.92. The zero-order valence-electron chi connectivity index (χ0n) is 19.5. The zero-order chi connectivity index (χ0) is 24.8. The molecule has 3 aromatic carbocycles. The summed E-state index contributed by atoms with van der Waals surface area (Å²) in [4.78, 5) is 31.1. The van der Waals surface area contributed by atoms with Gasteiger partial charge in [-0.3, -0.25) is 4.79 Å². The van der Waals surface area contributed by atoms with Crippen LogP contribution in [0.5, 0.6) is 5.75 Å². The van der Waals surface area contributed by atoms with Crippen molar-refractivity contribution in [3.8, 4) is 17.0 Å². The van der Waals surface area contributed by atoms with Gasteiger partial charge in [0.25, 0.3) is 0 Å². The molecule has 35 heavy (non-hydrogen) atoms. The summed E-state index contributed by atoms with van der Waals surface area (Å²) in [6.45, 7) is 5.02. The molecule has 0 unspecified atom stereocenters. The molecule has 0 radical (unpaired) electrons. The summed E-state index contributed by atoms with van der Waals surface area (Å²) in [5.74, 6) is -1.65. The Bertz CT molecular complexity index is 1390. The van der Waals surface area contributed by atoms with E-state index in [2.05, 4.69) is 57.9 Å². The Morgan fingerprint density at radius 2 is 1.86 bits per heavy atom. The van der Waals surface area contributed by atoms with Gasteiger partial charge in [0, 0.05) is 18.2 Å². The number of aliphatic carboxylic acids is 1. The summed E-state index contributed by atoms with van der Waals surface area (Å²) in [6, 6.07) is 19.6. The standard InChI is InChI=1S/C27H26N4O4/c1-3-35-24-14-20(10-11-22(24)31-26(32)27(33)34)23-15-25(30-16-29-23)28-13-12-18-8-9-19-6-4-5-7-21(19)17(18)2/h4-11,14-16H,3,12-13H2,1-2H3,(H,31,32)(H,33,34)(H,28,29,30). The summed E-state index contributed by atoms with van der Waals surface area (Å²) in [7, 11) is 0. The number of fused-ring (bicyclic) bond motifs is 1. The van der Waals surface area contributed by atoms with Gasteiger partial charge in [-0.15, -0.1) is 0 Å². The van der Waals surface area contributed by atoms with Gasteiger partial charge in [0.15, 0.2) is 0 Å². The second kappa shape index (κ2) is 10.6. The first-order valence-electron chi connectivity index (χ1n) is 11.3. The lowest BCUT2D eigenvalue weighted by Gasteiger charge is -2.13. The van der Waals surface area contributed by atoms with Gasteiger partial charge in [0.2, 0.25) is 0 Å². The highest BCUT2D eigenvalue weighted by molar-refractivity contribution is 6.36. The molecule has 1 aromatic heterocycles. The van der Waals surface area contributed by atoms with Crippen LogP contribution in [-0.4, -0.2) is 40.1 Å². The number of aromatic nitrogens is 2. The zero-order valence-corrected chi connectivity index (χ0v) is 19.5. The topological polar surface area (TPSA) is 113 Å². The summed E-state index contributed by atoms with van der Waals surface area (Å²) in [5, 5.41) is 17.1. The molecule has 0 saturated heterocycles. The van der Waals surface area contributed by atoms with Gasteiger partial charge >= 0.3 is 11.9 Å². The van der Waals surface area contributed by atoms with E-state index in [1.54, 1.807) is 25.1 Å². The number of benzene rings is 3. The molecule has 4 rings (SSSR count). The van der Waals surface area contributed by atoms with Crippen molar-refractivity contribution in [3.63, 3.8) is 0 Å². The Kier molecular flexibility index (Phi) is 7.21. The molecule has 0 aliphatic heterocycles. The van der Waals surface area contributed by atoms with Gasteiger partial charge < -0.3 is 20.5 Å². The lowest BCUT2D eigenvalue weighted by molar-refractivity contribution is -0.147. The van der Waals surface area contributed by atoms with Crippen molar-refractivity contribution in [1.82, 2.24) is 9.97 Å². The van der Waals surface area contributed by atoms with Crippen LogP contribution in [0.15, 0.2) is 67.0 Å². The van der Waals surface area contributed by atoms with Gasteiger partial charge in [-0.2, -0.15) is 0 Å². The lowest BCUT2D eigenvalue weighted by atomic mass is 9.98. The first-order chi connectivity index (χ1) is 17.0. The number of hydrogen-bond acceptors (Lipinski definition) is 6. The minimum atomic E-state index is -1.57. The molecule has 178 valence electrons. The quantitative estimate of drug-likeness (QED) is 0.320. The molecular weight excluding hydrogens is 444 g/mol. The van der Waals surface area contributed by atoms with E-state index in [9.17, 15) is 9.59 Å². The van der Waals surface area contributed by atoms with Crippen molar-refractivity contribution < 1.29 is 19.4 Å². The number of rotatable bonds is 8. The lowest BCUT2D eigenvalue weighted by Crippen LogP contribution is -2.22. The molecule has 0 saturated carbocycles. The number of carbonyl (C=O) groups excluding carboxylic acids is 1. The molecule has 8 nitrogen and oxygen atoms in total. The maximum atomic E-state index is 11.6. The predicted octanol–water partition coefficient (Wildman–Crippen LogP) is 4.68. The van der Waals surface area contributed by atoms with Crippen LogP contribution in [0.2, 0.25) is 0 Å². The molecule has 1 amide bonds. The minimum Gasteiger partial charge on any atom is -0.492 e. The van der Waals surface area contributed by atoms with E-state index in [0.717, 1.165) is 12.0 Å². The fraction of sp³-hybridized carbons (Fsp3) is 0.185. The van der Waals surface area contributed by atoms with Gasteiger partial charge in [-0.05, 0) is 54.3 Å². The smallest absolute Gasteiger partial charge is 0.394 e. The van der Waals surface area contributed by atoms with Crippen LogP contribution in [0.25, 0.3) is 22.0 Å². The maximum absolute atomic E-state index is 11.6. The predicted molar refractivity (Wildman–Crippen MR) is 136 cm³/mol. The van der Waals surface area contributed by atoms with E-state index in [0.29, 0.717) is 30.4 Å². The maximum Gasteiger partial charge on any atom is 0.394 e. The second-order valence-corrected chi connectivity index (χ2v) is 7.94. The second-order valence-electron chi connectivity index (χ2n) is 7.94. The molecule has 1 heterocycles. The number of anilines is 2. The number of aryl methyl sites for hydroxylation is 1. The number of carbonyl (C=O) groups is 2. The van der Waals surface area contributed by atoms with E-state index >= 15 is 0 Å². The van der Waals surface area contributed by atoms with E-state index in [1.165, 1.54) is 28.2 Å². The van der Waals surface area contributed by atoms with Crippen molar-refractivity contribution in [2.45, 2.75) is 20.3 Å². The van der Waals surface area contributed by atoms with Crippen molar-refractivity contribution in [1.29, 1.82) is 0 Å². The molecule has 4 aromatic rings. The van der Waals surface area contributed by atoms with Crippen LogP contribution in [-0.2, 0) is 16.0 Å². The number of nitrogens with one attached hydrogen (secondary N) is 2.